The van der Waals surface area contributed by atoms with Crippen LogP contribution in [0.4, 0.5) is 0 Å². The Morgan fingerprint density at radius 1 is 0.966 bits per heavy atom. The highest BCUT2D eigenvalue weighted by Gasteiger charge is 2.35. The van der Waals surface area contributed by atoms with Crippen LogP contribution in [0.25, 0.3) is 5.69 Å². The van der Waals surface area contributed by atoms with Crippen LogP contribution >= 0.6 is 0 Å². The zero-order valence-corrected chi connectivity index (χ0v) is 16.9. The Morgan fingerprint density at radius 2 is 1.76 bits per heavy atom. The van der Waals surface area contributed by atoms with Crippen molar-refractivity contribution in [1.29, 1.82) is 0 Å². The number of hydrogen-bond donors (Lipinski definition) is 0. The van der Waals surface area contributed by atoms with Gasteiger partial charge in [-0.2, -0.15) is 0 Å². The predicted molar refractivity (Wildman–Crippen MR) is 113 cm³/mol. The summed E-state index contributed by atoms with van der Waals surface area (Å²) in [5.41, 5.74) is 4.06. The molecule has 150 valence electrons. The van der Waals surface area contributed by atoms with Crippen LogP contribution in [0.5, 0.6) is 0 Å². The summed E-state index contributed by atoms with van der Waals surface area (Å²) >= 11 is 0. The van der Waals surface area contributed by atoms with Crippen LogP contribution in [0.1, 0.15) is 29.3 Å². The molecule has 2 aliphatic heterocycles. The number of nitrogens with zero attached hydrogens (tertiary/aromatic N) is 4. The van der Waals surface area contributed by atoms with Gasteiger partial charge in [-0.05, 0) is 37.5 Å². The van der Waals surface area contributed by atoms with Gasteiger partial charge in [-0.3, -0.25) is 19.2 Å². The SMILES string of the molecule is Cc1c(CN2CC3CC(C2)c2cccc(=O)n2C3)c(=O)n(-c2ccccc2)n1C. The molecule has 5 rings (SSSR count). The Labute approximate surface area is 169 Å². The van der Waals surface area contributed by atoms with Crippen molar-refractivity contribution in [3.63, 3.8) is 0 Å². The highest BCUT2D eigenvalue weighted by atomic mass is 16.1. The Kier molecular flexibility index (Phi) is 4.32. The number of para-hydroxylation sites is 1. The molecule has 6 heteroatoms. The second-order valence-corrected chi connectivity index (χ2v) is 8.43. The van der Waals surface area contributed by atoms with Gasteiger partial charge < -0.3 is 4.57 Å². The van der Waals surface area contributed by atoms with E-state index in [0.29, 0.717) is 18.4 Å². The topological polar surface area (TPSA) is 52.2 Å². The minimum absolute atomic E-state index is 0.0588. The van der Waals surface area contributed by atoms with Crippen molar-refractivity contribution in [2.45, 2.75) is 32.4 Å². The summed E-state index contributed by atoms with van der Waals surface area (Å²) in [6.07, 6.45) is 1.13. The van der Waals surface area contributed by atoms with Crippen molar-refractivity contribution in [2.24, 2.45) is 13.0 Å². The molecule has 1 aromatic carbocycles. The van der Waals surface area contributed by atoms with Gasteiger partial charge >= 0.3 is 0 Å². The van der Waals surface area contributed by atoms with Gasteiger partial charge in [0.15, 0.2) is 0 Å². The maximum absolute atomic E-state index is 13.2. The van der Waals surface area contributed by atoms with Gasteiger partial charge in [0, 0.05) is 56.6 Å². The molecule has 6 nitrogen and oxygen atoms in total. The molecular formula is C23H26N4O2. The number of pyridine rings is 1. The number of rotatable bonds is 3. The van der Waals surface area contributed by atoms with E-state index in [9.17, 15) is 9.59 Å². The van der Waals surface area contributed by atoms with Crippen LogP contribution in [0.15, 0.2) is 58.1 Å². The summed E-state index contributed by atoms with van der Waals surface area (Å²) in [4.78, 5) is 27.9. The smallest absolute Gasteiger partial charge is 0.276 e. The Balaban J connectivity index is 1.45. The maximum Gasteiger partial charge on any atom is 0.276 e. The zero-order valence-electron chi connectivity index (χ0n) is 16.9. The van der Waals surface area contributed by atoms with Crippen LogP contribution in [-0.2, 0) is 20.1 Å². The van der Waals surface area contributed by atoms with Crippen LogP contribution in [0.3, 0.4) is 0 Å². The minimum atomic E-state index is 0.0588. The lowest BCUT2D eigenvalue weighted by Crippen LogP contribution is -2.47. The third-order valence-corrected chi connectivity index (χ3v) is 6.61. The summed E-state index contributed by atoms with van der Waals surface area (Å²) < 4.78 is 5.66. The number of aromatic nitrogens is 3. The Morgan fingerprint density at radius 3 is 2.55 bits per heavy atom. The van der Waals surface area contributed by atoms with E-state index in [-0.39, 0.29) is 11.1 Å². The molecule has 29 heavy (non-hydrogen) atoms. The van der Waals surface area contributed by atoms with Gasteiger partial charge in [-0.1, -0.05) is 24.3 Å². The minimum Gasteiger partial charge on any atom is -0.312 e. The third-order valence-electron chi connectivity index (χ3n) is 6.61. The molecule has 2 atom stereocenters. The van der Waals surface area contributed by atoms with E-state index in [2.05, 4.69) is 11.0 Å². The number of benzene rings is 1. The van der Waals surface area contributed by atoms with Gasteiger partial charge in [0.2, 0.25) is 0 Å². The van der Waals surface area contributed by atoms with E-state index in [4.69, 9.17) is 0 Å². The fourth-order valence-electron chi connectivity index (χ4n) is 5.15. The van der Waals surface area contributed by atoms with Gasteiger partial charge in [-0.25, -0.2) is 4.68 Å². The number of piperidine rings is 1. The molecule has 2 aliphatic rings. The van der Waals surface area contributed by atoms with E-state index in [1.807, 2.05) is 59.6 Å². The van der Waals surface area contributed by atoms with E-state index >= 15 is 0 Å². The first-order valence-electron chi connectivity index (χ1n) is 10.3. The van der Waals surface area contributed by atoms with Gasteiger partial charge in [-0.15, -0.1) is 0 Å². The van der Waals surface area contributed by atoms with Crippen molar-refractivity contribution < 1.29 is 0 Å². The molecule has 0 aliphatic carbocycles. The average molecular weight is 390 g/mol. The van der Waals surface area contributed by atoms with Crippen LogP contribution in [-0.4, -0.2) is 31.9 Å². The summed E-state index contributed by atoms with van der Waals surface area (Å²) in [6, 6.07) is 15.4. The molecule has 1 saturated heterocycles. The molecule has 0 amide bonds. The van der Waals surface area contributed by atoms with Crippen molar-refractivity contribution in [3.05, 3.63) is 86.2 Å². The summed E-state index contributed by atoms with van der Waals surface area (Å²) in [5, 5.41) is 0. The first-order chi connectivity index (χ1) is 14.0. The summed E-state index contributed by atoms with van der Waals surface area (Å²) in [6.45, 7) is 5.28. The molecule has 0 saturated carbocycles. The van der Waals surface area contributed by atoms with Crippen molar-refractivity contribution >= 4 is 0 Å². The van der Waals surface area contributed by atoms with Crippen LogP contribution < -0.4 is 11.1 Å². The van der Waals surface area contributed by atoms with Gasteiger partial charge in [0.05, 0.1) is 11.3 Å². The highest BCUT2D eigenvalue weighted by Crippen LogP contribution is 2.35. The third kappa shape index (κ3) is 2.99. The second-order valence-electron chi connectivity index (χ2n) is 8.43. The first kappa shape index (κ1) is 18.2. The Bertz CT molecular complexity index is 1170. The number of hydrogen-bond acceptors (Lipinski definition) is 3. The molecular weight excluding hydrogens is 364 g/mol. The highest BCUT2D eigenvalue weighted by molar-refractivity contribution is 5.33. The monoisotopic (exact) mass is 390 g/mol. The van der Waals surface area contributed by atoms with Crippen molar-refractivity contribution in [2.75, 3.05) is 13.1 Å². The summed E-state index contributed by atoms with van der Waals surface area (Å²) in [7, 11) is 1.95. The molecule has 0 N–H and O–H groups in total. The number of likely N-dealkylation sites (tertiary alicyclic amines) is 1. The molecule has 2 bridgehead atoms. The lowest BCUT2D eigenvalue weighted by molar-refractivity contribution is 0.114. The van der Waals surface area contributed by atoms with E-state index in [1.54, 1.807) is 10.7 Å². The zero-order chi connectivity index (χ0) is 20.1. The average Bonchev–Trinajstić information content (AvgIpc) is 2.93. The lowest BCUT2D eigenvalue weighted by Gasteiger charge is -2.42. The molecule has 1 fully saturated rings. The standard InChI is InChI=1S/C23H26N4O2/c1-16-20(23(29)27(24(16)2)19-7-4-3-5-8-19)15-25-12-17-11-18(14-25)21-9-6-10-22(28)26(21)13-17/h3-10,17-18H,11-15H2,1-2H3. The first-order valence-corrected chi connectivity index (χ1v) is 10.3. The second kappa shape index (κ2) is 6.88. The normalized spacial score (nSPS) is 21.2. The fraction of sp³-hybridized carbons (Fsp3) is 0.391. The summed E-state index contributed by atoms with van der Waals surface area (Å²) in [5.74, 6) is 0.818. The Hall–Kier alpha value is -2.86. The molecule has 2 unspecified atom stereocenters. The van der Waals surface area contributed by atoms with E-state index in [1.165, 1.54) is 0 Å². The number of fused-ring (bicyclic) bond motifs is 4. The van der Waals surface area contributed by atoms with E-state index < -0.39 is 0 Å². The van der Waals surface area contributed by atoms with Gasteiger partial charge in [0.25, 0.3) is 11.1 Å². The van der Waals surface area contributed by atoms with E-state index in [0.717, 1.165) is 48.7 Å². The lowest BCUT2D eigenvalue weighted by atomic mass is 9.83. The van der Waals surface area contributed by atoms with Crippen LogP contribution in [0.2, 0.25) is 0 Å². The molecule has 0 radical (unpaired) electrons. The predicted octanol–water partition coefficient (Wildman–Crippen LogP) is 2.27. The van der Waals surface area contributed by atoms with Gasteiger partial charge in [0.1, 0.15) is 0 Å². The van der Waals surface area contributed by atoms with Crippen molar-refractivity contribution in [3.8, 4) is 5.69 Å². The molecule has 2 aromatic heterocycles. The largest absolute Gasteiger partial charge is 0.312 e. The quantitative estimate of drug-likeness (QED) is 0.689. The molecule has 3 aromatic rings. The molecule has 0 spiro atoms. The van der Waals surface area contributed by atoms with Crippen LogP contribution in [0, 0.1) is 12.8 Å². The fourth-order valence-corrected chi connectivity index (χ4v) is 5.15. The van der Waals surface area contributed by atoms with Crippen molar-refractivity contribution in [1.82, 2.24) is 18.8 Å². The maximum atomic E-state index is 13.2. The molecule has 4 heterocycles.